The summed E-state index contributed by atoms with van der Waals surface area (Å²) >= 11 is 2.18. The number of rotatable bonds is 5. The smallest absolute Gasteiger partial charge is 0.411 e. The summed E-state index contributed by atoms with van der Waals surface area (Å²) in [5.41, 5.74) is 2.48. The molecule has 0 aliphatic rings. The van der Waals surface area contributed by atoms with Gasteiger partial charge >= 0.3 is 12.1 Å². The highest BCUT2D eigenvalue weighted by Crippen LogP contribution is 2.27. The van der Waals surface area contributed by atoms with E-state index in [4.69, 9.17) is 9.84 Å². The predicted octanol–water partition coefficient (Wildman–Crippen LogP) is 5.69. The SMILES string of the molecule is O=C(O)Nc1nc2ccc(Oc3cccc(NC(=O)Nc4cccc(I)c4)c3)cc2[nH]1. The number of halogens is 1. The van der Waals surface area contributed by atoms with Crippen LogP contribution in [0.25, 0.3) is 11.0 Å². The average Bonchev–Trinajstić information content (AvgIpc) is 3.09. The number of benzene rings is 3. The van der Waals surface area contributed by atoms with E-state index in [1.54, 1.807) is 42.5 Å². The summed E-state index contributed by atoms with van der Waals surface area (Å²) in [5, 5.41) is 16.5. The number of carbonyl (C=O) groups excluding carboxylic acids is 1. The zero-order chi connectivity index (χ0) is 21.8. The van der Waals surface area contributed by atoms with Gasteiger partial charge in [0, 0.05) is 27.1 Å². The Morgan fingerprint density at radius 2 is 1.61 bits per heavy atom. The maximum absolute atomic E-state index is 12.3. The van der Waals surface area contributed by atoms with E-state index in [0.717, 1.165) is 3.57 Å². The summed E-state index contributed by atoms with van der Waals surface area (Å²) in [7, 11) is 0. The van der Waals surface area contributed by atoms with Crippen LogP contribution in [0.3, 0.4) is 0 Å². The van der Waals surface area contributed by atoms with Crippen molar-refractivity contribution < 1.29 is 19.4 Å². The van der Waals surface area contributed by atoms with Gasteiger partial charge in [0.25, 0.3) is 0 Å². The molecule has 5 N–H and O–H groups in total. The summed E-state index contributed by atoms with van der Waals surface area (Å²) < 4.78 is 6.90. The molecular formula is C21H16IN5O4. The van der Waals surface area contributed by atoms with Crippen molar-refractivity contribution in [2.75, 3.05) is 16.0 Å². The molecular weight excluding hydrogens is 513 g/mol. The molecule has 0 spiro atoms. The van der Waals surface area contributed by atoms with E-state index in [1.165, 1.54) is 0 Å². The molecule has 0 fully saturated rings. The number of carbonyl (C=O) groups is 2. The number of hydrogen-bond acceptors (Lipinski definition) is 4. The largest absolute Gasteiger partial charge is 0.465 e. The lowest BCUT2D eigenvalue weighted by atomic mass is 10.3. The van der Waals surface area contributed by atoms with Crippen LogP contribution in [0, 0.1) is 3.57 Å². The molecule has 0 radical (unpaired) electrons. The number of nitrogens with zero attached hydrogens (tertiary/aromatic N) is 1. The van der Waals surface area contributed by atoms with Crippen molar-refractivity contribution in [3.8, 4) is 11.5 Å². The molecule has 0 saturated heterocycles. The lowest BCUT2D eigenvalue weighted by molar-refractivity contribution is 0.209. The van der Waals surface area contributed by atoms with E-state index in [2.05, 4.69) is 48.5 Å². The molecule has 1 aromatic heterocycles. The van der Waals surface area contributed by atoms with E-state index in [9.17, 15) is 9.59 Å². The van der Waals surface area contributed by atoms with Gasteiger partial charge in [-0.2, -0.15) is 0 Å². The maximum Gasteiger partial charge on any atom is 0.411 e. The lowest BCUT2D eigenvalue weighted by Crippen LogP contribution is -2.19. The molecule has 0 aliphatic heterocycles. The van der Waals surface area contributed by atoms with Gasteiger partial charge in [-0.3, -0.25) is 5.32 Å². The number of fused-ring (bicyclic) bond motifs is 1. The fourth-order valence-electron chi connectivity index (χ4n) is 2.85. The van der Waals surface area contributed by atoms with Crippen molar-refractivity contribution in [1.29, 1.82) is 0 Å². The molecule has 0 unspecified atom stereocenters. The summed E-state index contributed by atoms with van der Waals surface area (Å²) in [6.45, 7) is 0. The quantitative estimate of drug-likeness (QED) is 0.212. The minimum Gasteiger partial charge on any atom is -0.465 e. The number of aromatic amines is 1. The molecule has 3 aromatic carbocycles. The molecule has 9 nitrogen and oxygen atoms in total. The van der Waals surface area contributed by atoms with Gasteiger partial charge in [0.15, 0.2) is 0 Å². The Hall–Kier alpha value is -3.80. The van der Waals surface area contributed by atoms with E-state index in [0.29, 0.717) is 33.9 Å². The van der Waals surface area contributed by atoms with Crippen molar-refractivity contribution in [3.63, 3.8) is 0 Å². The Kier molecular flexibility index (Phi) is 5.89. The average molecular weight is 529 g/mol. The van der Waals surface area contributed by atoms with Gasteiger partial charge in [0.1, 0.15) is 11.5 Å². The number of ether oxygens (including phenoxy) is 1. The van der Waals surface area contributed by atoms with Crippen molar-refractivity contribution in [2.24, 2.45) is 0 Å². The van der Waals surface area contributed by atoms with Crippen molar-refractivity contribution in [2.45, 2.75) is 0 Å². The second-order valence-electron chi connectivity index (χ2n) is 6.41. The Morgan fingerprint density at radius 1 is 0.903 bits per heavy atom. The number of anilines is 3. The first-order chi connectivity index (χ1) is 14.9. The third-order valence-corrected chi connectivity index (χ3v) is 4.76. The van der Waals surface area contributed by atoms with Gasteiger partial charge in [0.2, 0.25) is 5.95 Å². The summed E-state index contributed by atoms with van der Waals surface area (Å²) in [5.74, 6) is 1.18. The molecule has 0 bridgehead atoms. The highest BCUT2D eigenvalue weighted by atomic mass is 127. The van der Waals surface area contributed by atoms with Crippen LogP contribution in [0.5, 0.6) is 11.5 Å². The summed E-state index contributed by atoms with van der Waals surface area (Å²) in [6, 6.07) is 19.2. The highest BCUT2D eigenvalue weighted by molar-refractivity contribution is 14.1. The Bertz CT molecular complexity index is 1270. The number of urea groups is 1. The summed E-state index contributed by atoms with van der Waals surface area (Å²) in [6.07, 6.45) is -1.20. The molecule has 0 saturated carbocycles. The summed E-state index contributed by atoms with van der Waals surface area (Å²) in [4.78, 5) is 30.0. The van der Waals surface area contributed by atoms with Gasteiger partial charge in [-0.05, 0) is 65.1 Å². The Labute approximate surface area is 190 Å². The topological polar surface area (TPSA) is 128 Å². The first kappa shape index (κ1) is 20.5. The van der Waals surface area contributed by atoms with Crippen molar-refractivity contribution in [1.82, 2.24) is 9.97 Å². The number of hydrogen-bond donors (Lipinski definition) is 5. The molecule has 0 atom stereocenters. The first-order valence-corrected chi connectivity index (χ1v) is 10.1. The van der Waals surface area contributed by atoms with E-state index in [1.807, 2.05) is 24.3 Å². The van der Waals surface area contributed by atoms with Crippen LogP contribution < -0.4 is 20.7 Å². The third kappa shape index (κ3) is 5.42. The first-order valence-electron chi connectivity index (χ1n) is 9.06. The Morgan fingerprint density at radius 3 is 2.35 bits per heavy atom. The van der Waals surface area contributed by atoms with E-state index < -0.39 is 6.09 Å². The predicted molar refractivity (Wildman–Crippen MR) is 126 cm³/mol. The lowest BCUT2D eigenvalue weighted by Gasteiger charge is -2.10. The molecule has 31 heavy (non-hydrogen) atoms. The number of carboxylic acid groups (broad SMARTS) is 1. The fraction of sp³-hybridized carbons (Fsp3) is 0. The van der Waals surface area contributed by atoms with Crippen LogP contribution in [0.15, 0.2) is 66.7 Å². The van der Waals surface area contributed by atoms with Crippen LogP contribution in [0.1, 0.15) is 0 Å². The maximum atomic E-state index is 12.3. The molecule has 156 valence electrons. The zero-order valence-electron chi connectivity index (χ0n) is 15.8. The molecule has 10 heteroatoms. The van der Waals surface area contributed by atoms with Gasteiger partial charge in [-0.15, -0.1) is 0 Å². The molecule has 1 heterocycles. The number of amides is 3. The van der Waals surface area contributed by atoms with Gasteiger partial charge in [-0.1, -0.05) is 12.1 Å². The van der Waals surface area contributed by atoms with Crippen molar-refractivity contribution >= 4 is 63.1 Å². The molecule has 3 amide bonds. The molecule has 0 aliphatic carbocycles. The molecule has 4 aromatic rings. The van der Waals surface area contributed by atoms with Gasteiger partial charge < -0.3 is 25.5 Å². The van der Waals surface area contributed by atoms with Crippen LogP contribution in [0.2, 0.25) is 0 Å². The number of imidazole rings is 1. The standard InChI is InChI=1S/C21H16IN5O4/c22-12-3-1-4-13(9-12)23-20(28)24-14-5-2-6-15(10-14)31-16-7-8-17-18(11-16)26-19(25-17)27-21(29)30/h1-11H,(H,29,30)(H2,23,24,28)(H2,25,26,27). The fourth-order valence-corrected chi connectivity index (χ4v) is 3.39. The Balaban J connectivity index is 1.44. The van der Waals surface area contributed by atoms with Crippen LogP contribution >= 0.6 is 22.6 Å². The van der Waals surface area contributed by atoms with Gasteiger partial charge in [-0.25, -0.2) is 14.6 Å². The highest BCUT2D eigenvalue weighted by Gasteiger charge is 2.08. The van der Waals surface area contributed by atoms with Crippen LogP contribution in [0.4, 0.5) is 26.9 Å². The minimum atomic E-state index is -1.20. The molecule has 4 rings (SSSR count). The van der Waals surface area contributed by atoms with Crippen LogP contribution in [-0.2, 0) is 0 Å². The monoisotopic (exact) mass is 529 g/mol. The number of H-pyrrole nitrogens is 1. The van der Waals surface area contributed by atoms with Crippen molar-refractivity contribution in [3.05, 3.63) is 70.3 Å². The minimum absolute atomic E-state index is 0.130. The van der Waals surface area contributed by atoms with E-state index in [-0.39, 0.29) is 12.0 Å². The third-order valence-electron chi connectivity index (χ3n) is 4.09. The van der Waals surface area contributed by atoms with E-state index >= 15 is 0 Å². The second-order valence-corrected chi connectivity index (χ2v) is 7.66. The number of aromatic nitrogens is 2. The van der Waals surface area contributed by atoms with Crippen LogP contribution in [-0.4, -0.2) is 27.2 Å². The number of nitrogens with one attached hydrogen (secondary N) is 4. The van der Waals surface area contributed by atoms with Gasteiger partial charge in [0.05, 0.1) is 11.0 Å². The zero-order valence-corrected chi connectivity index (χ0v) is 18.0. The normalized spacial score (nSPS) is 10.5. The second kappa shape index (κ2) is 8.92.